The fourth-order valence-electron chi connectivity index (χ4n) is 1.18. The molecule has 5 heteroatoms. The average molecular weight is 217 g/mol. The van der Waals surface area contributed by atoms with Gasteiger partial charge in [0.05, 0.1) is 5.69 Å². The van der Waals surface area contributed by atoms with Crippen LogP contribution in [0.4, 0.5) is 0 Å². The first kappa shape index (κ1) is 9.15. The second-order valence-electron chi connectivity index (χ2n) is 3.51. The summed E-state index contributed by atoms with van der Waals surface area (Å²) in [6.45, 7) is 0. The summed E-state index contributed by atoms with van der Waals surface area (Å²) in [7, 11) is -2.92. The van der Waals surface area contributed by atoms with Crippen LogP contribution in [-0.2, 0) is 15.6 Å². The zero-order valence-corrected chi connectivity index (χ0v) is 8.99. The zero-order chi connectivity index (χ0) is 9.47. The first-order valence-electron chi connectivity index (χ1n) is 4.16. The second kappa shape index (κ2) is 3.06. The molecule has 13 heavy (non-hydrogen) atoms. The Labute approximate surface area is 81.7 Å². The number of nitrogens with zero attached hydrogens (tertiary/aromatic N) is 1. The first-order valence-corrected chi connectivity index (χ1v) is 7.10. The number of rotatable bonds is 3. The van der Waals surface area contributed by atoms with Crippen molar-refractivity contribution in [3.63, 3.8) is 0 Å². The number of hydrogen-bond donors (Lipinski definition) is 0. The summed E-state index contributed by atoms with van der Waals surface area (Å²) in [5, 5.41) is 2.71. The molecule has 0 N–H and O–H groups in total. The Morgan fingerprint density at radius 2 is 2.31 bits per heavy atom. The lowest BCUT2D eigenvalue weighted by atomic mass is 10.3. The fraction of sp³-hybridized carbons (Fsp3) is 0.625. The van der Waals surface area contributed by atoms with Crippen LogP contribution < -0.4 is 0 Å². The molecule has 1 aromatic heterocycles. The van der Waals surface area contributed by atoms with Crippen molar-refractivity contribution in [3.8, 4) is 0 Å². The molecule has 3 nitrogen and oxygen atoms in total. The highest BCUT2D eigenvalue weighted by atomic mass is 32.2. The van der Waals surface area contributed by atoms with Crippen LogP contribution >= 0.6 is 11.3 Å². The Balaban J connectivity index is 2.13. The van der Waals surface area contributed by atoms with Crippen molar-refractivity contribution >= 4 is 21.2 Å². The summed E-state index contributed by atoms with van der Waals surface area (Å²) in [6.07, 6.45) is 3.66. The predicted octanol–water partition coefficient (Wildman–Crippen LogP) is 1.57. The third kappa shape index (κ3) is 2.51. The maximum absolute atomic E-state index is 11.0. The lowest BCUT2D eigenvalue weighted by Gasteiger charge is -1.91. The van der Waals surface area contributed by atoms with Crippen LogP contribution in [0.15, 0.2) is 5.38 Å². The molecule has 1 saturated carbocycles. The van der Waals surface area contributed by atoms with Crippen molar-refractivity contribution in [1.29, 1.82) is 0 Å². The monoisotopic (exact) mass is 217 g/mol. The fourth-order valence-corrected chi connectivity index (χ4v) is 3.27. The van der Waals surface area contributed by atoms with Gasteiger partial charge in [0.2, 0.25) is 0 Å². The highest BCUT2D eigenvalue weighted by Gasteiger charge is 2.26. The number of aromatic nitrogens is 1. The van der Waals surface area contributed by atoms with Crippen molar-refractivity contribution in [3.05, 3.63) is 16.1 Å². The van der Waals surface area contributed by atoms with Gasteiger partial charge in [-0.1, -0.05) is 0 Å². The molecule has 1 aliphatic carbocycles. The smallest absolute Gasteiger partial charge is 0.153 e. The van der Waals surface area contributed by atoms with E-state index in [4.69, 9.17) is 0 Å². The van der Waals surface area contributed by atoms with Crippen molar-refractivity contribution < 1.29 is 8.42 Å². The highest BCUT2D eigenvalue weighted by molar-refractivity contribution is 7.90. The summed E-state index contributed by atoms with van der Waals surface area (Å²) in [5.74, 6) is 0.703. The summed E-state index contributed by atoms with van der Waals surface area (Å²) in [4.78, 5) is 4.30. The van der Waals surface area contributed by atoms with Crippen LogP contribution in [0.25, 0.3) is 0 Å². The van der Waals surface area contributed by atoms with Gasteiger partial charge in [-0.25, -0.2) is 13.4 Å². The third-order valence-electron chi connectivity index (χ3n) is 1.95. The minimum atomic E-state index is -2.92. The van der Waals surface area contributed by atoms with E-state index >= 15 is 0 Å². The van der Waals surface area contributed by atoms with Crippen LogP contribution in [-0.4, -0.2) is 19.7 Å². The maximum Gasteiger partial charge on any atom is 0.153 e. The molecule has 0 unspecified atom stereocenters. The first-order chi connectivity index (χ1) is 6.04. The standard InChI is InChI=1S/C8H11NO2S2/c1-13(10,11)5-8-9-7(4-12-8)6-2-3-6/h4,6H,2-3,5H2,1H3. The lowest BCUT2D eigenvalue weighted by Crippen LogP contribution is -2.00. The number of thiazole rings is 1. The van der Waals surface area contributed by atoms with Gasteiger partial charge in [-0.3, -0.25) is 0 Å². The molecule has 0 atom stereocenters. The molecule has 0 amide bonds. The van der Waals surface area contributed by atoms with Crippen LogP contribution in [0.3, 0.4) is 0 Å². The largest absolute Gasteiger partial charge is 0.245 e. The summed E-state index contributed by atoms with van der Waals surface area (Å²) in [6, 6.07) is 0. The zero-order valence-electron chi connectivity index (χ0n) is 7.36. The van der Waals surface area contributed by atoms with E-state index in [-0.39, 0.29) is 5.75 Å². The molecule has 1 aromatic rings. The van der Waals surface area contributed by atoms with Gasteiger partial charge in [-0.2, -0.15) is 0 Å². The Hall–Kier alpha value is -0.420. The van der Waals surface area contributed by atoms with Crippen LogP contribution in [0.2, 0.25) is 0 Å². The normalized spacial score (nSPS) is 17.6. The van der Waals surface area contributed by atoms with Crippen LogP contribution in [0, 0.1) is 0 Å². The SMILES string of the molecule is CS(=O)(=O)Cc1nc(C2CC2)cs1. The maximum atomic E-state index is 11.0. The van der Waals surface area contributed by atoms with Gasteiger partial charge in [-0.15, -0.1) is 11.3 Å². The molecule has 0 aliphatic heterocycles. The Morgan fingerprint density at radius 1 is 1.62 bits per heavy atom. The molecule has 0 saturated heterocycles. The van der Waals surface area contributed by atoms with Gasteiger partial charge in [0, 0.05) is 17.6 Å². The van der Waals surface area contributed by atoms with Crippen molar-refractivity contribution in [2.24, 2.45) is 0 Å². The van der Waals surface area contributed by atoms with Gasteiger partial charge < -0.3 is 0 Å². The van der Waals surface area contributed by atoms with E-state index in [2.05, 4.69) is 4.98 Å². The number of hydrogen-bond acceptors (Lipinski definition) is 4. The molecular formula is C8H11NO2S2. The van der Waals surface area contributed by atoms with E-state index < -0.39 is 9.84 Å². The summed E-state index contributed by atoms with van der Waals surface area (Å²) in [5.41, 5.74) is 1.09. The molecule has 1 fully saturated rings. The van der Waals surface area contributed by atoms with Crippen molar-refractivity contribution in [1.82, 2.24) is 4.98 Å². The topological polar surface area (TPSA) is 47.0 Å². The molecule has 0 bridgehead atoms. The van der Waals surface area contributed by atoms with Crippen molar-refractivity contribution in [2.75, 3.05) is 6.26 Å². The minimum absolute atomic E-state index is 0.0877. The molecular weight excluding hydrogens is 206 g/mol. The van der Waals surface area contributed by atoms with Crippen LogP contribution in [0.5, 0.6) is 0 Å². The van der Waals surface area contributed by atoms with E-state index in [9.17, 15) is 8.42 Å². The average Bonchev–Trinajstić information content (AvgIpc) is 2.72. The Kier molecular flexibility index (Phi) is 2.15. The highest BCUT2D eigenvalue weighted by Crippen LogP contribution is 2.40. The van der Waals surface area contributed by atoms with E-state index in [1.807, 2.05) is 5.38 Å². The summed E-state index contributed by atoms with van der Waals surface area (Å²) >= 11 is 1.45. The van der Waals surface area contributed by atoms with Crippen LogP contribution in [0.1, 0.15) is 29.5 Å². The molecule has 0 spiro atoms. The molecule has 2 rings (SSSR count). The van der Waals surface area contributed by atoms with E-state index in [0.29, 0.717) is 5.92 Å². The van der Waals surface area contributed by atoms with Gasteiger partial charge in [-0.05, 0) is 12.8 Å². The lowest BCUT2D eigenvalue weighted by molar-refractivity contribution is 0.601. The Bertz CT molecular complexity index is 404. The van der Waals surface area contributed by atoms with Gasteiger partial charge in [0.15, 0.2) is 9.84 Å². The summed E-state index contributed by atoms with van der Waals surface area (Å²) < 4.78 is 21.9. The Morgan fingerprint density at radius 3 is 2.85 bits per heavy atom. The second-order valence-corrected chi connectivity index (χ2v) is 6.59. The molecule has 1 heterocycles. The van der Waals surface area contributed by atoms with E-state index in [1.165, 1.54) is 30.4 Å². The van der Waals surface area contributed by atoms with E-state index in [1.54, 1.807) is 0 Å². The van der Waals surface area contributed by atoms with Crippen molar-refractivity contribution in [2.45, 2.75) is 24.5 Å². The quantitative estimate of drug-likeness (QED) is 0.772. The van der Waals surface area contributed by atoms with Gasteiger partial charge in [0.1, 0.15) is 10.8 Å². The third-order valence-corrected chi connectivity index (χ3v) is 3.80. The molecule has 0 aromatic carbocycles. The molecule has 0 radical (unpaired) electrons. The van der Waals surface area contributed by atoms with E-state index in [0.717, 1.165) is 10.7 Å². The minimum Gasteiger partial charge on any atom is -0.245 e. The van der Waals surface area contributed by atoms with Gasteiger partial charge in [0.25, 0.3) is 0 Å². The molecule has 72 valence electrons. The molecule has 1 aliphatic rings. The number of sulfone groups is 1. The van der Waals surface area contributed by atoms with Gasteiger partial charge >= 0.3 is 0 Å². The predicted molar refractivity (Wildman–Crippen MR) is 52.6 cm³/mol.